The van der Waals surface area contributed by atoms with Gasteiger partial charge in [-0.1, -0.05) is 18.2 Å². The predicted octanol–water partition coefficient (Wildman–Crippen LogP) is 2.63. The number of carbonyl (C=O) groups is 1. The zero-order chi connectivity index (χ0) is 20.8. The van der Waals surface area contributed by atoms with Gasteiger partial charge in [0, 0.05) is 23.9 Å². The van der Waals surface area contributed by atoms with Gasteiger partial charge in [-0.25, -0.2) is 9.67 Å². The van der Waals surface area contributed by atoms with Crippen molar-refractivity contribution in [2.75, 3.05) is 13.2 Å². The molecule has 0 radical (unpaired) electrons. The third kappa shape index (κ3) is 5.13. The summed E-state index contributed by atoms with van der Waals surface area (Å²) >= 11 is 1.76. The maximum absolute atomic E-state index is 12.5. The Labute approximate surface area is 178 Å². The number of benzene rings is 1. The monoisotopic (exact) mass is 424 g/mol. The molecule has 0 saturated carbocycles. The maximum Gasteiger partial charge on any atom is 0.271 e. The van der Waals surface area contributed by atoms with E-state index in [4.69, 9.17) is 9.72 Å². The molecular formula is C22H24N4O3S. The fraction of sp³-hybridized carbons (Fsp3) is 0.364. The second kappa shape index (κ2) is 9.67. The molecule has 0 spiro atoms. The molecule has 30 heavy (non-hydrogen) atoms. The van der Waals surface area contributed by atoms with Crippen molar-refractivity contribution < 1.29 is 9.53 Å². The summed E-state index contributed by atoms with van der Waals surface area (Å²) in [4.78, 5) is 30.6. The van der Waals surface area contributed by atoms with Gasteiger partial charge in [-0.3, -0.25) is 9.59 Å². The van der Waals surface area contributed by atoms with Crippen molar-refractivity contribution in [1.82, 2.24) is 20.1 Å². The highest BCUT2D eigenvalue weighted by atomic mass is 32.1. The van der Waals surface area contributed by atoms with Crippen molar-refractivity contribution in [3.05, 3.63) is 74.1 Å². The van der Waals surface area contributed by atoms with Gasteiger partial charge in [0.05, 0.1) is 17.2 Å². The highest BCUT2D eigenvalue weighted by molar-refractivity contribution is 7.11. The first-order valence-electron chi connectivity index (χ1n) is 10.2. The smallest absolute Gasteiger partial charge is 0.271 e. The number of thiazole rings is 1. The van der Waals surface area contributed by atoms with E-state index < -0.39 is 0 Å². The van der Waals surface area contributed by atoms with Gasteiger partial charge in [0.2, 0.25) is 0 Å². The lowest BCUT2D eigenvalue weighted by atomic mass is 10.0. The van der Waals surface area contributed by atoms with Crippen LogP contribution in [0.5, 0.6) is 5.75 Å². The molecule has 8 heteroatoms. The first kappa shape index (κ1) is 20.3. The van der Waals surface area contributed by atoms with E-state index in [1.54, 1.807) is 11.3 Å². The molecule has 0 saturated heterocycles. The van der Waals surface area contributed by atoms with Crippen LogP contribution in [-0.2, 0) is 25.8 Å². The summed E-state index contributed by atoms with van der Waals surface area (Å²) in [5.74, 6) is 0.428. The fourth-order valence-corrected chi connectivity index (χ4v) is 4.54. The summed E-state index contributed by atoms with van der Waals surface area (Å²) in [5, 5.41) is 8.12. The molecule has 1 aromatic carbocycles. The van der Waals surface area contributed by atoms with E-state index in [0.717, 1.165) is 23.6 Å². The van der Waals surface area contributed by atoms with Gasteiger partial charge in [0.1, 0.15) is 18.1 Å². The molecule has 0 fully saturated rings. The molecule has 156 valence electrons. The number of ether oxygens (including phenoxy) is 1. The highest BCUT2D eigenvalue weighted by Crippen LogP contribution is 2.26. The van der Waals surface area contributed by atoms with Crippen LogP contribution >= 0.6 is 11.3 Å². The Kier molecular flexibility index (Phi) is 6.53. The van der Waals surface area contributed by atoms with Crippen LogP contribution in [0.1, 0.15) is 38.9 Å². The fourth-order valence-electron chi connectivity index (χ4n) is 3.38. The van der Waals surface area contributed by atoms with Crippen molar-refractivity contribution in [1.29, 1.82) is 0 Å². The van der Waals surface area contributed by atoms with E-state index in [2.05, 4.69) is 10.4 Å². The average molecular weight is 425 g/mol. The Balaban J connectivity index is 1.29. The van der Waals surface area contributed by atoms with Gasteiger partial charge in [-0.05, 0) is 43.9 Å². The van der Waals surface area contributed by atoms with Crippen LogP contribution in [0.25, 0.3) is 0 Å². The number of amides is 1. The Bertz CT molecular complexity index is 1040. The average Bonchev–Trinajstić information content (AvgIpc) is 3.18. The van der Waals surface area contributed by atoms with Crippen LogP contribution in [0.3, 0.4) is 0 Å². The van der Waals surface area contributed by atoms with Crippen molar-refractivity contribution in [3.63, 3.8) is 0 Å². The molecule has 0 atom stereocenters. The molecule has 1 N–H and O–H groups in total. The minimum Gasteiger partial charge on any atom is -0.492 e. The minimum absolute atomic E-state index is 0.216. The first-order valence-corrected chi connectivity index (χ1v) is 11.0. The molecule has 3 aromatic rings. The van der Waals surface area contributed by atoms with E-state index in [0.29, 0.717) is 13.0 Å². The summed E-state index contributed by atoms with van der Waals surface area (Å²) < 4.78 is 6.86. The van der Waals surface area contributed by atoms with Crippen LogP contribution in [0.15, 0.2) is 47.3 Å². The van der Waals surface area contributed by atoms with Crippen molar-refractivity contribution in [2.24, 2.45) is 0 Å². The quantitative estimate of drug-likeness (QED) is 0.601. The van der Waals surface area contributed by atoms with E-state index in [1.165, 1.54) is 40.2 Å². The van der Waals surface area contributed by atoms with Gasteiger partial charge < -0.3 is 10.1 Å². The number of rotatable bonds is 8. The van der Waals surface area contributed by atoms with Crippen LogP contribution < -0.4 is 15.6 Å². The van der Waals surface area contributed by atoms with Crippen LogP contribution in [0.2, 0.25) is 0 Å². The van der Waals surface area contributed by atoms with E-state index >= 15 is 0 Å². The SMILES string of the molecule is O=C(NCCc1nc2c(s1)CCCC2)c1ccc(=O)n(CCOc2ccccc2)n1. The van der Waals surface area contributed by atoms with Crippen molar-refractivity contribution in [2.45, 2.75) is 38.6 Å². The summed E-state index contributed by atoms with van der Waals surface area (Å²) in [5.41, 5.74) is 1.18. The Morgan fingerprint density at radius 2 is 1.97 bits per heavy atom. The third-order valence-corrected chi connectivity index (χ3v) is 6.15. The Morgan fingerprint density at radius 1 is 1.13 bits per heavy atom. The minimum atomic E-state index is -0.297. The highest BCUT2D eigenvalue weighted by Gasteiger charge is 2.15. The summed E-state index contributed by atoms with van der Waals surface area (Å²) in [7, 11) is 0. The van der Waals surface area contributed by atoms with Gasteiger partial charge >= 0.3 is 0 Å². The second-order valence-electron chi connectivity index (χ2n) is 7.13. The number of aryl methyl sites for hydroxylation is 2. The summed E-state index contributed by atoms with van der Waals surface area (Å²) in [6, 6.07) is 12.2. The van der Waals surface area contributed by atoms with E-state index in [-0.39, 0.29) is 30.3 Å². The molecule has 2 aromatic heterocycles. The normalized spacial score (nSPS) is 12.9. The lowest BCUT2D eigenvalue weighted by Crippen LogP contribution is -2.31. The van der Waals surface area contributed by atoms with Crippen LogP contribution in [0.4, 0.5) is 0 Å². The molecular weight excluding hydrogens is 400 g/mol. The molecule has 2 heterocycles. The van der Waals surface area contributed by atoms with E-state index in [9.17, 15) is 9.59 Å². The lowest BCUT2D eigenvalue weighted by Gasteiger charge is -2.09. The molecule has 7 nitrogen and oxygen atoms in total. The molecule has 0 aliphatic heterocycles. The number of aromatic nitrogens is 3. The number of nitrogens with zero attached hydrogens (tertiary/aromatic N) is 3. The van der Waals surface area contributed by atoms with E-state index in [1.807, 2.05) is 30.3 Å². The molecule has 1 amide bonds. The molecule has 0 bridgehead atoms. The number of fused-ring (bicyclic) bond motifs is 1. The van der Waals surface area contributed by atoms with Gasteiger partial charge in [-0.15, -0.1) is 11.3 Å². The van der Waals surface area contributed by atoms with Crippen LogP contribution in [-0.4, -0.2) is 33.8 Å². The largest absolute Gasteiger partial charge is 0.492 e. The predicted molar refractivity (Wildman–Crippen MR) is 115 cm³/mol. The summed E-state index contributed by atoms with van der Waals surface area (Å²) in [6.07, 6.45) is 5.35. The summed E-state index contributed by atoms with van der Waals surface area (Å²) in [6.45, 7) is 1.04. The number of carbonyl (C=O) groups excluding carboxylic acids is 1. The topological polar surface area (TPSA) is 86.1 Å². The maximum atomic E-state index is 12.5. The number of para-hydroxylation sites is 1. The van der Waals surface area contributed by atoms with Gasteiger partial charge in [0.25, 0.3) is 11.5 Å². The third-order valence-electron chi connectivity index (χ3n) is 4.93. The number of hydrogen-bond acceptors (Lipinski definition) is 6. The lowest BCUT2D eigenvalue weighted by molar-refractivity contribution is 0.0946. The standard InChI is InChI=1S/C22H24N4O3S/c27-21-11-10-18(25-26(21)14-15-29-16-6-2-1-3-7-16)22(28)23-13-12-20-24-17-8-4-5-9-19(17)30-20/h1-3,6-7,10-11H,4-5,8-9,12-15H2,(H,23,28). The number of hydrogen-bond donors (Lipinski definition) is 1. The zero-order valence-corrected chi connectivity index (χ0v) is 17.5. The Morgan fingerprint density at radius 3 is 2.80 bits per heavy atom. The Hall–Kier alpha value is -3.00. The molecule has 4 rings (SSSR count). The zero-order valence-electron chi connectivity index (χ0n) is 16.7. The molecule has 1 aliphatic rings. The van der Waals surface area contributed by atoms with Crippen molar-refractivity contribution >= 4 is 17.2 Å². The van der Waals surface area contributed by atoms with Gasteiger partial charge in [0.15, 0.2) is 0 Å². The van der Waals surface area contributed by atoms with Gasteiger partial charge in [-0.2, -0.15) is 5.10 Å². The first-order chi connectivity index (χ1) is 14.7. The van der Waals surface area contributed by atoms with Crippen LogP contribution in [0, 0.1) is 0 Å². The second-order valence-corrected chi connectivity index (χ2v) is 8.30. The number of nitrogens with one attached hydrogen (secondary N) is 1. The molecule has 0 unspecified atom stereocenters. The molecule has 1 aliphatic carbocycles. The van der Waals surface area contributed by atoms with Crippen molar-refractivity contribution in [3.8, 4) is 5.75 Å².